The number of carbonyl (C=O) groups is 1. The number of ether oxygens (including phenoxy) is 1. The van der Waals surface area contributed by atoms with Crippen LogP contribution >= 0.6 is 0 Å². The Morgan fingerprint density at radius 1 is 0.891 bits per heavy atom. The predicted molar refractivity (Wildman–Crippen MR) is 146 cm³/mol. The first-order valence-electron chi connectivity index (χ1n) is 14.4. The molecule has 2 aromatic carbocycles. The maximum Gasteiger partial charge on any atom is 0.416 e. The van der Waals surface area contributed by atoms with E-state index < -0.39 is 65.6 Å². The van der Waals surface area contributed by atoms with Gasteiger partial charge in [-0.15, -0.1) is 5.10 Å². The molecule has 2 heterocycles. The van der Waals surface area contributed by atoms with Gasteiger partial charge in [-0.1, -0.05) is 11.2 Å². The van der Waals surface area contributed by atoms with Gasteiger partial charge in [-0.2, -0.15) is 44.3 Å². The minimum absolute atomic E-state index is 0.00518. The number of benzene rings is 2. The van der Waals surface area contributed by atoms with Gasteiger partial charge in [-0.05, 0) is 91.6 Å². The van der Waals surface area contributed by atoms with Crippen LogP contribution in [0, 0.1) is 6.92 Å². The van der Waals surface area contributed by atoms with Crippen molar-refractivity contribution in [2.45, 2.75) is 82.7 Å². The van der Waals surface area contributed by atoms with Crippen molar-refractivity contribution >= 4 is 17.7 Å². The number of nitrogens with zero attached hydrogens (tertiary/aromatic N) is 6. The number of hydrogen-bond donors (Lipinski definition) is 0. The Hall–Kier alpha value is -4.05. The summed E-state index contributed by atoms with van der Waals surface area (Å²) < 4.78 is 130. The van der Waals surface area contributed by atoms with Crippen molar-refractivity contribution in [3.05, 3.63) is 63.7 Å². The predicted octanol–water partition coefficient (Wildman–Crippen LogP) is 8.00. The average molecular weight is 665 g/mol. The SMILES string of the molecule is Cc1cc2c(cc1C(F)(F)F)N(C(=O)OC1CCCC1)CCC[C@@H]2N(Cc1cc(C(F)(F)F)cc(C(F)(F)F)c1)c1nnn(C)n1. The first kappa shape index (κ1) is 33.3. The minimum Gasteiger partial charge on any atom is -0.446 e. The molecule has 3 aromatic rings. The largest absolute Gasteiger partial charge is 0.446 e. The Balaban J connectivity index is 1.65. The van der Waals surface area contributed by atoms with Gasteiger partial charge >= 0.3 is 24.6 Å². The van der Waals surface area contributed by atoms with Crippen LogP contribution in [-0.2, 0) is 36.9 Å². The second-order valence-corrected chi connectivity index (χ2v) is 11.4. The number of amides is 1. The van der Waals surface area contributed by atoms with Gasteiger partial charge in [-0.3, -0.25) is 4.90 Å². The van der Waals surface area contributed by atoms with Crippen LogP contribution < -0.4 is 9.80 Å². The Labute approximate surface area is 257 Å². The van der Waals surface area contributed by atoms with Gasteiger partial charge < -0.3 is 9.64 Å². The Morgan fingerprint density at radius 3 is 2.07 bits per heavy atom. The maximum absolute atomic E-state index is 14.1. The third kappa shape index (κ3) is 7.17. The van der Waals surface area contributed by atoms with E-state index in [1.165, 1.54) is 24.9 Å². The van der Waals surface area contributed by atoms with Crippen LogP contribution in [0.3, 0.4) is 0 Å². The number of rotatable bonds is 5. The van der Waals surface area contributed by atoms with Crippen LogP contribution in [0.15, 0.2) is 30.3 Å². The summed E-state index contributed by atoms with van der Waals surface area (Å²) in [5.74, 6) is -0.191. The third-order valence-corrected chi connectivity index (χ3v) is 8.11. The highest BCUT2D eigenvalue weighted by Crippen LogP contribution is 2.44. The fourth-order valence-corrected chi connectivity index (χ4v) is 5.99. The van der Waals surface area contributed by atoms with E-state index in [4.69, 9.17) is 4.74 Å². The molecule has 250 valence electrons. The summed E-state index contributed by atoms with van der Waals surface area (Å²) in [6.45, 7) is 0.563. The molecule has 1 aliphatic carbocycles. The Kier molecular flexibility index (Phi) is 8.90. The Morgan fingerprint density at radius 2 is 1.52 bits per heavy atom. The highest BCUT2D eigenvalue weighted by Gasteiger charge is 2.40. The third-order valence-electron chi connectivity index (χ3n) is 8.11. The summed E-state index contributed by atoms with van der Waals surface area (Å²) in [5, 5.41) is 11.8. The molecule has 0 N–H and O–H groups in total. The van der Waals surface area contributed by atoms with Gasteiger partial charge in [0.15, 0.2) is 0 Å². The second kappa shape index (κ2) is 12.3. The molecule has 5 rings (SSSR count). The lowest BCUT2D eigenvalue weighted by Gasteiger charge is -2.33. The van der Waals surface area contributed by atoms with Crippen LogP contribution in [0.1, 0.15) is 77.9 Å². The van der Waals surface area contributed by atoms with Crippen LogP contribution in [0.2, 0.25) is 0 Å². The van der Waals surface area contributed by atoms with Gasteiger partial charge in [0.1, 0.15) is 6.10 Å². The topological polar surface area (TPSA) is 76.4 Å². The maximum atomic E-state index is 14.1. The second-order valence-electron chi connectivity index (χ2n) is 11.4. The van der Waals surface area contributed by atoms with E-state index in [-0.39, 0.29) is 48.2 Å². The summed E-state index contributed by atoms with van der Waals surface area (Å²) >= 11 is 0. The first-order chi connectivity index (χ1) is 21.4. The molecule has 1 aliphatic heterocycles. The fourth-order valence-electron chi connectivity index (χ4n) is 5.99. The van der Waals surface area contributed by atoms with Crippen molar-refractivity contribution in [2.75, 3.05) is 16.3 Å². The number of halogens is 9. The van der Waals surface area contributed by atoms with E-state index >= 15 is 0 Å². The molecule has 0 unspecified atom stereocenters. The van der Waals surface area contributed by atoms with Gasteiger partial charge in [0.05, 0.1) is 35.5 Å². The molecule has 8 nitrogen and oxygen atoms in total. The minimum atomic E-state index is -5.11. The number of tetrazole rings is 1. The number of hydrogen-bond acceptors (Lipinski definition) is 6. The summed E-state index contributed by atoms with van der Waals surface area (Å²) in [6, 6.07) is 2.20. The van der Waals surface area contributed by atoms with E-state index in [9.17, 15) is 44.3 Å². The van der Waals surface area contributed by atoms with Gasteiger partial charge in [0.25, 0.3) is 5.95 Å². The van der Waals surface area contributed by atoms with Crippen LogP contribution in [0.25, 0.3) is 0 Å². The van der Waals surface area contributed by atoms with Crippen molar-refractivity contribution < 1.29 is 49.0 Å². The van der Waals surface area contributed by atoms with Crippen molar-refractivity contribution in [3.8, 4) is 0 Å². The molecular weight excluding hydrogens is 635 g/mol. The number of aryl methyl sites for hydroxylation is 2. The van der Waals surface area contributed by atoms with Crippen molar-refractivity contribution in [1.29, 1.82) is 0 Å². The molecule has 1 atom stereocenters. The van der Waals surface area contributed by atoms with Gasteiger partial charge in [0.2, 0.25) is 0 Å². The van der Waals surface area contributed by atoms with Crippen molar-refractivity contribution in [1.82, 2.24) is 20.2 Å². The van der Waals surface area contributed by atoms with E-state index in [1.54, 1.807) is 0 Å². The number of alkyl halides is 9. The zero-order valence-electron chi connectivity index (χ0n) is 24.6. The lowest BCUT2D eigenvalue weighted by atomic mass is 9.94. The van der Waals surface area contributed by atoms with E-state index in [0.29, 0.717) is 25.0 Å². The molecular formula is C29H29F9N6O2. The van der Waals surface area contributed by atoms with Crippen LogP contribution in [0.5, 0.6) is 0 Å². The molecule has 0 radical (unpaired) electrons. The zero-order chi connectivity index (χ0) is 33.6. The monoisotopic (exact) mass is 664 g/mol. The number of fused-ring (bicyclic) bond motifs is 1. The number of anilines is 2. The van der Waals surface area contributed by atoms with Gasteiger partial charge in [0, 0.05) is 13.1 Å². The smallest absolute Gasteiger partial charge is 0.416 e. The van der Waals surface area contributed by atoms with E-state index in [0.717, 1.165) is 28.6 Å². The number of carbonyl (C=O) groups excluding carboxylic acids is 1. The first-order valence-corrected chi connectivity index (χ1v) is 14.4. The lowest BCUT2D eigenvalue weighted by molar-refractivity contribution is -0.143. The molecule has 46 heavy (non-hydrogen) atoms. The molecule has 0 saturated heterocycles. The van der Waals surface area contributed by atoms with Crippen molar-refractivity contribution in [2.24, 2.45) is 7.05 Å². The van der Waals surface area contributed by atoms with E-state index in [2.05, 4.69) is 15.4 Å². The van der Waals surface area contributed by atoms with Crippen LogP contribution in [-0.4, -0.2) is 38.9 Å². The highest BCUT2D eigenvalue weighted by molar-refractivity contribution is 5.89. The molecule has 1 fully saturated rings. The summed E-state index contributed by atoms with van der Waals surface area (Å²) in [5.41, 5.74) is -4.65. The quantitative estimate of drug-likeness (QED) is 0.258. The molecule has 1 saturated carbocycles. The normalized spacial score (nSPS) is 18.0. The van der Waals surface area contributed by atoms with Crippen molar-refractivity contribution in [3.63, 3.8) is 0 Å². The molecule has 1 aromatic heterocycles. The average Bonchev–Trinajstić information content (AvgIpc) is 3.58. The van der Waals surface area contributed by atoms with Crippen LogP contribution in [0.4, 0.5) is 55.9 Å². The molecule has 0 spiro atoms. The lowest BCUT2D eigenvalue weighted by Crippen LogP contribution is -2.35. The summed E-state index contributed by atoms with van der Waals surface area (Å²) in [4.78, 5) is 16.8. The molecule has 0 bridgehead atoms. The van der Waals surface area contributed by atoms with E-state index in [1.807, 2.05) is 0 Å². The summed E-state index contributed by atoms with van der Waals surface area (Å²) in [6.07, 6.45) is -13.0. The standard InChI is InChI=1S/C29H29F9N6O2/c1-16-10-21-23(8-5-9-43(24(21)14-22(16)29(36,37)38)26(45)46-20-6-3-4-7-20)44(25-39-41-42(2)40-25)15-17-11-18(27(30,31)32)13-19(12-17)28(33,34)35/h10-14,20,23H,3-9,15H2,1-2H3/t23-/m0/s1. The molecule has 2 aliphatic rings. The fraction of sp³-hybridized carbons (Fsp3) is 0.517. The molecule has 1 amide bonds. The van der Waals surface area contributed by atoms with Gasteiger partial charge in [-0.25, -0.2) is 4.79 Å². The number of aromatic nitrogens is 4. The molecule has 17 heteroatoms. The Bertz CT molecular complexity index is 1550. The summed E-state index contributed by atoms with van der Waals surface area (Å²) in [7, 11) is 1.39. The highest BCUT2D eigenvalue weighted by atomic mass is 19.4. The zero-order valence-corrected chi connectivity index (χ0v) is 24.6.